The monoisotopic (exact) mass is 422 g/mol. The summed E-state index contributed by atoms with van der Waals surface area (Å²) in [6.07, 6.45) is 0. The molecule has 0 unspecified atom stereocenters. The van der Waals surface area contributed by atoms with Gasteiger partial charge in [0.1, 0.15) is 11.5 Å². The molecule has 7 rings (SSSR count). The molecule has 0 spiro atoms. The lowest BCUT2D eigenvalue weighted by atomic mass is 9.96. The lowest BCUT2D eigenvalue weighted by Crippen LogP contribution is -1.81. The standard InChI is InChI=1S/C32H22O/c1-19-9-13-22(14-10-19)31-28-17-26-24-7-3-5-21-6-4-8-25(30(21)24)27(26)18-29(28)32(33-31)23-15-11-20(2)12-16-23/h3-18H,1-2H3. The van der Waals surface area contributed by atoms with Crippen LogP contribution in [-0.4, -0.2) is 0 Å². The predicted octanol–water partition coefficient (Wildman–Crippen LogP) is 9.18. The van der Waals surface area contributed by atoms with Gasteiger partial charge in [0.25, 0.3) is 0 Å². The van der Waals surface area contributed by atoms with E-state index in [4.69, 9.17) is 4.42 Å². The number of aryl methyl sites for hydroxylation is 2. The second-order valence-electron chi connectivity index (χ2n) is 9.14. The zero-order valence-electron chi connectivity index (χ0n) is 18.6. The summed E-state index contributed by atoms with van der Waals surface area (Å²) >= 11 is 0. The number of rotatable bonds is 2. The molecule has 1 aliphatic carbocycles. The summed E-state index contributed by atoms with van der Waals surface area (Å²) in [5.74, 6) is 1.87. The Balaban J connectivity index is 1.58. The van der Waals surface area contributed by atoms with Crippen LogP contribution in [0.5, 0.6) is 0 Å². The largest absolute Gasteiger partial charge is 0.455 e. The molecule has 0 amide bonds. The molecule has 33 heavy (non-hydrogen) atoms. The van der Waals surface area contributed by atoms with Gasteiger partial charge in [0, 0.05) is 21.9 Å². The van der Waals surface area contributed by atoms with E-state index in [2.05, 4.69) is 111 Å². The van der Waals surface area contributed by atoms with Gasteiger partial charge in [-0.05, 0) is 59.0 Å². The van der Waals surface area contributed by atoms with E-state index in [1.54, 1.807) is 0 Å². The zero-order chi connectivity index (χ0) is 22.1. The highest BCUT2D eigenvalue weighted by molar-refractivity contribution is 6.19. The molecule has 6 aromatic rings. The van der Waals surface area contributed by atoms with Gasteiger partial charge < -0.3 is 4.42 Å². The average molecular weight is 423 g/mol. The third-order valence-corrected chi connectivity index (χ3v) is 6.96. The van der Waals surface area contributed by atoms with Crippen LogP contribution in [0.15, 0.2) is 101 Å². The normalized spacial score (nSPS) is 11.9. The van der Waals surface area contributed by atoms with Crippen molar-refractivity contribution in [2.45, 2.75) is 13.8 Å². The maximum Gasteiger partial charge on any atom is 0.142 e. The summed E-state index contributed by atoms with van der Waals surface area (Å²) in [5.41, 5.74) is 9.92. The number of hydrogen-bond donors (Lipinski definition) is 0. The Bertz CT molecular complexity index is 1570. The highest BCUT2D eigenvalue weighted by Gasteiger charge is 2.25. The number of furan rings is 1. The molecule has 156 valence electrons. The van der Waals surface area contributed by atoms with Gasteiger partial charge in [-0.3, -0.25) is 0 Å². The Labute approximate surface area is 192 Å². The second-order valence-corrected chi connectivity index (χ2v) is 9.14. The van der Waals surface area contributed by atoms with Gasteiger partial charge in [-0.1, -0.05) is 96.1 Å². The van der Waals surface area contributed by atoms with Gasteiger partial charge in [0.05, 0.1) is 0 Å². The fraction of sp³-hybridized carbons (Fsp3) is 0.0625. The zero-order valence-corrected chi connectivity index (χ0v) is 18.6. The molecule has 1 heterocycles. The van der Waals surface area contributed by atoms with Gasteiger partial charge >= 0.3 is 0 Å². The molecule has 1 aromatic heterocycles. The minimum absolute atomic E-state index is 0.937. The van der Waals surface area contributed by atoms with Gasteiger partial charge in [0.2, 0.25) is 0 Å². The van der Waals surface area contributed by atoms with Crippen LogP contribution >= 0.6 is 0 Å². The first-order valence-corrected chi connectivity index (χ1v) is 11.4. The SMILES string of the molecule is Cc1ccc(-c2oc(-c3ccc(C)cc3)c3cc4c(cc23)-c2cccc3cccc-4c23)cc1. The molecular weight excluding hydrogens is 400 g/mol. The van der Waals surface area contributed by atoms with Gasteiger partial charge in [-0.25, -0.2) is 0 Å². The van der Waals surface area contributed by atoms with Crippen molar-refractivity contribution in [1.82, 2.24) is 0 Å². The van der Waals surface area contributed by atoms with E-state index in [0.29, 0.717) is 0 Å². The smallest absolute Gasteiger partial charge is 0.142 e. The van der Waals surface area contributed by atoms with Crippen LogP contribution in [-0.2, 0) is 0 Å². The molecule has 1 aliphatic rings. The van der Waals surface area contributed by atoms with Gasteiger partial charge in [-0.15, -0.1) is 0 Å². The molecule has 0 aliphatic heterocycles. The summed E-state index contributed by atoms with van der Waals surface area (Å²) in [4.78, 5) is 0. The van der Waals surface area contributed by atoms with Crippen molar-refractivity contribution in [3.63, 3.8) is 0 Å². The van der Waals surface area contributed by atoms with Crippen molar-refractivity contribution in [3.05, 3.63) is 108 Å². The highest BCUT2D eigenvalue weighted by atomic mass is 16.3. The van der Waals surface area contributed by atoms with Gasteiger partial charge in [-0.2, -0.15) is 0 Å². The minimum atomic E-state index is 0.937. The third-order valence-electron chi connectivity index (χ3n) is 6.96. The van der Waals surface area contributed by atoms with Crippen LogP contribution in [0.4, 0.5) is 0 Å². The van der Waals surface area contributed by atoms with Crippen molar-refractivity contribution in [2.24, 2.45) is 0 Å². The molecule has 0 bridgehead atoms. The molecular formula is C32H22O. The first kappa shape index (κ1) is 18.5. The lowest BCUT2D eigenvalue weighted by Gasteiger charge is -2.05. The van der Waals surface area contributed by atoms with Crippen LogP contribution in [0.1, 0.15) is 11.1 Å². The molecule has 0 saturated carbocycles. The number of benzene rings is 5. The predicted molar refractivity (Wildman–Crippen MR) is 138 cm³/mol. The van der Waals surface area contributed by atoms with E-state index >= 15 is 0 Å². The average Bonchev–Trinajstić information content (AvgIpc) is 3.37. The first-order chi connectivity index (χ1) is 16.2. The Morgan fingerprint density at radius 3 is 1.39 bits per heavy atom. The van der Waals surface area contributed by atoms with Crippen molar-refractivity contribution in [1.29, 1.82) is 0 Å². The Morgan fingerprint density at radius 1 is 0.485 bits per heavy atom. The van der Waals surface area contributed by atoms with E-state index < -0.39 is 0 Å². The first-order valence-electron chi connectivity index (χ1n) is 11.4. The topological polar surface area (TPSA) is 13.1 Å². The second kappa shape index (κ2) is 6.70. The summed E-state index contributed by atoms with van der Waals surface area (Å²) in [7, 11) is 0. The Morgan fingerprint density at radius 2 is 0.939 bits per heavy atom. The molecule has 0 radical (unpaired) electrons. The number of hydrogen-bond acceptors (Lipinski definition) is 1. The number of fused-ring (bicyclic) bond motifs is 4. The molecule has 0 fully saturated rings. The van der Waals surface area contributed by atoms with E-state index in [1.165, 1.54) is 44.2 Å². The van der Waals surface area contributed by atoms with E-state index in [1.807, 2.05) is 0 Å². The summed E-state index contributed by atoms with van der Waals surface area (Å²) in [5, 5.41) is 4.98. The maximum absolute atomic E-state index is 6.66. The van der Waals surface area contributed by atoms with Crippen molar-refractivity contribution >= 4 is 21.5 Å². The third kappa shape index (κ3) is 2.66. The Kier molecular flexibility index (Phi) is 3.75. The molecule has 1 heteroatoms. The van der Waals surface area contributed by atoms with Crippen LogP contribution in [0.3, 0.4) is 0 Å². The summed E-state index contributed by atoms with van der Waals surface area (Å²) in [6, 6.07) is 35.2. The van der Waals surface area contributed by atoms with Gasteiger partial charge in [0.15, 0.2) is 0 Å². The maximum atomic E-state index is 6.66. The van der Waals surface area contributed by atoms with Crippen molar-refractivity contribution in [2.75, 3.05) is 0 Å². The van der Waals surface area contributed by atoms with E-state index in [9.17, 15) is 0 Å². The highest BCUT2D eigenvalue weighted by Crippen LogP contribution is 2.51. The quantitative estimate of drug-likeness (QED) is 0.271. The van der Waals surface area contributed by atoms with Crippen LogP contribution in [0.2, 0.25) is 0 Å². The fourth-order valence-corrected chi connectivity index (χ4v) is 5.26. The molecule has 1 nitrogen and oxygen atoms in total. The van der Waals surface area contributed by atoms with Crippen molar-refractivity contribution in [3.8, 4) is 44.9 Å². The van der Waals surface area contributed by atoms with E-state index in [0.717, 1.165) is 33.4 Å². The Hall–Kier alpha value is -4.10. The molecule has 0 atom stereocenters. The van der Waals surface area contributed by atoms with Crippen LogP contribution in [0.25, 0.3) is 66.4 Å². The fourth-order valence-electron chi connectivity index (χ4n) is 5.26. The lowest BCUT2D eigenvalue weighted by molar-refractivity contribution is 0.602. The molecule has 5 aromatic carbocycles. The summed E-state index contributed by atoms with van der Waals surface area (Å²) in [6.45, 7) is 4.24. The van der Waals surface area contributed by atoms with Crippen LogP contribution in [0, 0.1) is 13.8 Å². The minimum Gasteiger partial charge on any atom is -0.455 e. The van der Waals surface area contributed by atoms with E-state index in [-0.39, 0.29) is 0 Å². The molecule has 0 saturated heterocycles. The van der Waals surface area contributed by atoms with Crippen molar-refractivity contribution < 1.29 is 4.42 Å². The van der Waals surface area contributed by atoms with Crippen LogP contribution < -0.4 is 0 Å². The summed E-state index contributed by atoms with van der Waals surface area (Å²) < 4.78 is 6.66. The molecule has 0 N–H and O–H groups in total.